The maximum Gasteiger partial charge on any atom is 0.243 e. The van der Waals surface area contributed by atoms with Crippen LogP contribution in [-0.2, 0) is 16.4 Å². The van der Waals surface area contributed by atoms with E-state index < -0.39 is 10.0 Å². The lowest BCUT2D eigenvalue weighted by molar-refractivity contribution is 0.381. The van der Waals surface area contributed by atoms with E-state index in [0.717, 1.165) is 12.0 Å². The summed E-state index contributed by atoms with van der Waals surface area (Å²) in [6.07, 6.45) is 0.755. The van der Waals surface area contributed by atoms with Gasteiger partial charge in [-0.25, -0.2) is 8.42 Å². The van der Waals surface area contributed by atoms with Crippen LogP contribution in [-0.4, -0.2) is 31.7 Å². The van der Waals surface area contributed by atoms with Crippen molar-refractivity contribution in [1.29, 1.82) is 0 Å². The first-order valence-electron chi connectivity index (χ1n) is 6.56. The minimum Gasteiger partial charge on any atom is -0.207 e. The second kappa shape index (κ2) is 7.27. The summed E-state index contributed by atoms with van der Waals surface area (Å²) in [7, 11) is -3.38. The normalized spacial score (nSPS) is 12.3. The topological polar surface area (TPSA) is 37.4 Å². The third kappa shape index (κ3) is 4.48. The number of alkyl halides is 1. The molecular formula is C14H22ClNO2S. The standard InChI is InChI=1S/C14H22ClNO2S/c1-4-16(11-12(2)3)19(17,18)14-7-5-13(6-8-14)9-10-15/h5-8,12H,4,9-11H2,1-3H3. The lowest BCUT2D eigenvalue weighted by Crippen LogP contribution is -2.34. The van der Waals surface area contributed by atoms with Gasteiger partial charge in [-0.05, 0) is 30.0 Å². The van der Waals surface area contributed by atoms with E-state index in [1.807, 2.05) is 32.9 Å². The second-order valence-electron chi connectivity index (χ2n) is 4.93. The Morgan fingerprint density at radius 3 is 2.21 bits per heavy atom. The highest BCUT2D eigenvalue weighted by Crippen LogP contribution is 2.18. The molecule has 1 rings (SSSR count). The van der Waals surface area contributed by atoms with Crippen molar-refractivity contribution in [2.45, 2.75) is 32.1 Å². The number of rotatable bonds is 7. The molecule has 0 saturated heterocycles. The molecule has 0 unspecified atom stereocenters. The summed E-state index contributed by atoms with van der Waals surface area (Å²) in [5.74, 6) is 0.853. The van der Waals surface area contributed by atoms with Gasteiger partial charge in [-0.1, -0.05) is 32.9 Å². The van der Waals surface area contributed by atoms with Crippen LogP contribution < -0.4 is 0 Å². The van der Waals surface area contributed by atoms with Crippen molar-refractivity contribution < 1.29 is 8.42 Å². The summed E-state index contributed by atoms with van der Waals surface area (Å²) in [4.78, 5) is 0.355. The van der Waals surface area contributed by atoms with Gasteiger partial charge in [0, 0.05) is 19.0 Å². The summed E-state index contributed by atoms with van der Waals surface area (Å²) < 4.78 is 26.5. The molecule has 0 fully saturated rings. The molecule has 0 heterocycles. The Bertz CT molecular complexity index is 483. The summed E-state index contributed by atoms with van der Waals surface area (Å²) in [6, 6.07) is 7.00. The van der Waals surface area contributed by atoms with Crippen LogP contribution in [0.15, 0.2) is 29.2 Å². The lowest BCUT2D eigenvalue weighted by Gasteiger charge is -2.22. The molecule has 3 nitrogen and oxygen atoms in total. The van der Waals surface area contributed by atoms with Gasteiger partial charge in [0.25, 0.3) is 0 Å². The molecule has 0 aliphatic carbocycles. The van der Waals surface area contributed by atoms with Crippen LogP contribution in [0.5, 0.6) is 0 Å². The van der Waals surface area contributed by atoms with E-state index in [4.69, 9.17) is 11.6 Å². The molecule has 0 aliphatic heterocycles. The molecule has 1 aromatic rings. The Morgan fingerprint density at radius 1 is 1.21 bits per heavy atom. The number of hydrogen-bond donors (Lipinski definition) is 0. The summed E-state index contributed by atoms with van der Waals surface area (Å²) in [5, 5.41) is 0. The van der Waals surface area contributed by atoms with Crippen LogP contribution >= 0.6 is 11.6 Å². The van der Waals surface area contributed by atoms with Gasteiger partial charge in [0.05, 0.1) is 4.90 Å². The fraction of sp³-hybridized carbons (Fsp3) is 0.571. The highest BCUT2D eigenvalue weighted by Gasteiger charge is 2.23. The van der Waals surface area contributed by atoms with Gasteiger partial charge in [-0.2, -0.15) is 4.31 Å². The zero-order chi connectivity index (χ0) is 14.5. The Balaban J connectivity index is 2.98. The molecule has 0 amide bonds. The van der Waals surface area contributed by atoms with Crippen LogP contribution in [0.2, 0.25) is 0 Å². The first-order chi connectivity index (χ1) is 8.91. The highest BCUT2D eigenvalue weighted by atomic mass is 35.5. The number of aryl methyl sites for hydroxylation is 1. The van der Waals surface area contributed by atoms with Gasteiger partial charge in [0.15, 0.2) is 0 Å². The molecule has 0 bridgehead atoms. The third-order valence-electron chi connectivity index (χ3n) is 2.87. The number of hydrogen-bond acceptors (Lipinski definition) is 2. The molecule has 19 heavy (non-hydrogen) atoms. The molecule has 0 N–H and O–H groups in total. The monoisotopic (exact) mass is 303 g/mol. The first kappa shape index (κ1) is 16.5. The van der Waals surface area contributed by atoms with E-state index in [1.165, 1.54) is 4.31 Å². The van der Waals surface area contributed by atoms with E-state index in [9.17, 15) is 8.42 Å². The predicted molar refractivity (Wildman–Crippen MR) is 80.1 cm³/mol. The second-order valence-corrected chi connectivity index (χ2v) is 7.25. The van der Waals surface area contributed by atoms with Gasteiger partial charge in [-0.15, -0.1) is 11.6 Å². The summed E-state index contributed by atoms with van der Waals surface area (Å²) in [6.45, 7) is 6.93. The van der Waals surface area contributed by atoms with Crippen LogP contribution in [0.1, 0.15) is 26.3 Å². The molecule has 108 valence electrons. The molecular weight excluding hydrogens is 282 g/mol. The number of benzene rings is 1. The smallest absolute Gasteiger partial charge is 0.207 e. The Kier molecular flexibility index (Phi) is 6.30. The third-order valence-corrected chi connectivity index (χ3v) is 5.01. The van der Waals surface area contributed by atoms with Gasteiger partial charge in [-0.3, -0.25) is 0 Å². The fourth-order valence-electron chi connectivity index (χ4n) is 1.89. The van der Waals surface area contributed by atoms with Crippen molar-refractivity contribution in [1.82, 2.24) is 4.31 Å². The molecule has 0 radical (unpaired) electrons. The van der Waals surface area contributed by atoms with Crippen LogP contribution in [0.25, 0.3) is 0 Å². The van der Waals surface area contributed by atoms with Crippen molar-refractivity contribution in [3.8, 4) is 0 Å². The van der Waals surface area contributed by atoms with Gasteiger partial charge >= 0.3 is 0 Å². The average molecular weight is 304 g/mol. The number of nitrogens with zero attached hydrogens (tertiary/aromatic N) is 1. The van der Waals surface area contributed by atoms with Crippen molar-refractivity contribution in [2.75, 3.05) is 19.0 Å². The predicted octanol–water partition coefficient (Wildman–Crippen LogP) is 3.13. The van der Waals surface area contributed by atoms with E-state index in [-0.39, 0.29) is 0 Å². The van der Waals surface area contributed by atoms with Crippen molar-refractivity contribution in [3.63, 3.8) is 0 Å². The Morgan fingerprint density at radius 2 is 1.79 bits per heavy atom. The molecule has 0 aliphatic rings. The minimum atomic E-state index is -3.38. The number of halogens is 1. The van der Waals surface area contributed by atoms with Crippen LogP contribution in [0, 0.1) is 5.92 Å². The van der Waals surface area contributed by atoms with E-state index in [0.29, 0.717) is 29.8 Å². The largest absolute Gasteiger partial charge is 0.243 e. The number of sulfonamides is 1. The molecule has 0 atom stereocenters. The molecule has 0 aromatic heterocycles. The molecule has 0 spiro atoms. The summed E-state index contributed by atoms with van der Waals surface area (Å²) >= 11 is 5.67. The van der Waals surface area contributed by atoms with Gasteiger partial charge in [0.1, 0.15) is 0 Å². The quantitative estimate of drug-likeness (QED) is 0.726. The van der Waals surface area contributed by atoms with Crippen molar-refractivity contribution >= 4 is 21.6 Å². The van der Waals surface area contributed by atoms with Crippen LogP contribution in [0.4, 0.5) is 0 Å². The summed E-state index contributed by atoms with van der Waals surface area (Å²) in [5.41, 5.74) is 1.06. The van der Waals surface area contributed by atoms with Crippen molar-refractivity contribution in [3.05, 3.63) is 29.8 Å². The van der Waals surface area contributed by atoms with E-state index in [1.54, 1.807) is 12.1 Å². The minimum absolute atomic E-state index is 0.310. The fourth-order valence-corrected chi connectivity index (χ4v) is 3.72. The zero-order valence-electron chi connectivity index (χ0n) is 11.8. The average Bonchev–Trinajstić information content (AvgIpc) is 2.36. The lowest BCUT2D eigenvalue weighted by atomic mass is 10.2. The maximum absolute atomic E-state index is 12.5. The van der Waals surface area contributed by atoms with E-state index in [2.05, 4.69) is 0 Å². The molecule has 5 heteroatoms. The zero-order valence-corrected chi connectivity index (χ0v) is 13.3. The van der Waals surface area contributed by atoms with Crippen molar-refractivity contribution in [2.24, 2.45) is 5.92 Å². The first-order valence-corrected chi connectivity index (χ1v) is 8.54. The van der Waals surface area contributed by atoms with Crippen LogP contribution in [0.3, 0.4) is 0 Å². The van der Waals surface area contributed by atoms with E-state index >= 15 is 0 Å². The Hall–Kier alpha value is -0.580. The molecule has 0 saturated carbocycles. The van der Waals surface area contributed by atoms with Gasteiger partial charge < -0.3 is 0 Å². The van der Waals surface area contributed by atoms with Gasteiger partial charge in [0.2, 0.25) is 10.0 Å². The maximum atomic E-state index is 12.5. The molecule has 1 aromatic carbocycles. The highest BCUT2D eigenvalue weighted by molar-refractivity contribution is 7.89. The Labute approximate surface area is 121 Å². The SMILES string of the molecule is CCN(CC(C)C)S(=O)(=O)c1ccc(CCCl)cc1.